The fourth-order valence-corrected chi connectivity index (χ4v) is 9.28. The second-order valence-corrected chi connectivity index (χ2v) is 12.0. The van der Waals surface area contributed by atoms with Crippen molar-refractivity contribution in [3.63, 3.8) is 0 Å². The zero-order valence-electron chi connectivity index (χ0n) is 19.9. The molecular weight excluding hydrogens is 390 g/mol. The number of fused-ring (bicyclic) bond motifs is 5. The Morgan fingerprint density at radius 1 is 1.06 bits per heavy atom. The molecule has 5 nitrogen and oxygen atoms in total. The topological polar surface area (TPSA) is 65.5 Å². The van der Waals surface area contributed by atoms with Crippen molar-refractivity contribution in [2.75, 3.05) is 7.11 Å². The van der Waals surface area contributed by atoms with Crippen LogP contribution in [0.25, 0.3) is 0 Å². The molecule has 0 spiro atoms. The molecule has 4 fully saturated rings. The standard InChI is InChI=1S/C26H41NO4/c1-16(5-10-23-27-31-24(28)30-23)20-8-9-21-19-7-6-17-15-18(29-4)11-13-25(17,2)22(19)12-14-26(20,21)3/h16-22H,5-15H2,1-4H3/t16-,17-,18-,19?,20?,21+,22+,25+,26-/m1/s1. The summed E-state index contributed by atoms with van der Waals surface area (Å²) in [4.78, 5) is 11.1. The molecule has 0 amide bonds. The Labute approximate surface area is 186 Å². The van der Waals surface area contributed by atoms with Crippen molar-refractivity contribution in [1.82, 2.24) is 5.16 Å². The molecule has 1 heterocycles. The lowest BCUT2D eigenvalue weighted by Crippen LogP contribution is -2.54. The SMILES string of the molecule is CO[C@@H]1CC[C@@]2(C)[C@H](CCC3[C@@H]2CC[C@]2(C)C([C@H](C)CCc4noc(=O)o4)CC[C@@H]32)C1. The number of rotatable bonds is 5. The minimum absolute atomic E-state index is 0.457. The molecule has 4 saturated carbocycles. The molecule has 1 aromatic heterocycles. The quantitative estimate of drug-likeness (QED) is 0.583. The van der Waals surface area contributed by atoms with Gasteiger partial charge in [-0.15, -0.1) is 0 Å². The molecule has 0 aromatic carbocycles. The highest BCUT2D eigenvalue weighted by atomic mass is 16.6. The van der Waals surface area contributed by atoms with Crippen LogP contribution in [0.15, 0.2) is 13.7 Å². The van der Waals surface area contributed by atoms with E-state index in [9.17, 15) is 4.79 Å². The summed E-state index contributed by atoms with van der Waals surface area (Å²) in [5, 5.41) is 3.76. The Morgan fingerprint density at radius 2 is 1.84 bits per heavy atom. The van der Waals surface area contributed by atoms with Gasteiger partial charge in [-0.25, -0.2) is 4.79 Å². The van der Waals surface area contributed by atoms with Gasteiger partial charge < -0.3 is 9.15 Å². The van der Waals surface area contributed by atoms with Gasteiger partial charge in [0.25, 0.3) is 0 Å². The van der Waals surface area contributed by atoms with Crippen molar-refractivity contribution in [1.29, 1.82) is 0 Å². The first-order valence-corrected chi connectivity index (χ1v) is 12.8. The first-order valence-electron chi connectivity index (χ1n) is 12.8. The highest BCUT2D eigenvalue weighted by molar-refractivity contribution is 5.09. The van der Waals surface area contributed by atoms with E-state index in [1.54, 1.807) is 0 Å². The fraction of sp³-hybridized carbons (Fsp3) is 0.923. The molecule has 5 rings (SSSR count). The molecule has 174 valence electrons. The fourth-order valence-electron chi connectivity index (χ4n) is 9.28. The Morgan fingerprint density at radius 3 is 2.58 bits per heavy atom. The largest absolute Gasteiger partial charge is 0.542 e. The average molecular weight is 432 g/mol. The van der Waals surface area contributed by atoms with Gasteiger partial charge in [-0.2, -0.15) is 0 Å². The van der Waals surface area contributed by atoms with Crippen LogP contribution < -0.4 is 5.82 Å². The van der Waals surface area contributed by atoms with E-state index in [0.29, 0.717) is 35.2 Å². The second-order valence-electron chi connectivity index (χ2n) is 12.0. The van der Waals surface area contributed by atoms with Crippen molar-refractivity contribution in [2.45, 2.75) is 97.5 Å². The monoisotopic (exact) mass is 431 g/mol. The van der Waals surface area contributed by atoms with E-state index in [4.69, 9.17) is 9.15 Å². The normalized spacial score (nSPS) is 45.5. The number of methoxy groups -OCH3 is 1. The predicted octanol–water partition coefficient (Wildman–Crippen LogP) is 5.87. The number of hydrogen-bond donors (Lipinski definition) is 0. The highest BCUT2D eigenvalue weighted by Crippen LogP contribution is 2.68. The van der Waals surface area contributed by atoms with Crippen molar-refractivity contribution in [2.24, 2.45) is 46.3 Å². The zero-order valence-corrected chi connectivity index (χ0v) is 19.9. The summed E-state index contributed by atoms with van der Waals surface area (Å²) >= 11 is 0. The molecule has 0 bridgehead atoms. The number of aryl methyl sites for hydroxylation is 1. The van der Waals surface area contributed by atoms with Crippen LogP contribution in [0.1, 0.15) is 90.9 Å². The van der Waals surface area contributed by atoms with E-state index in [-0.39, 0.29) is 0 Å². The van der Waals surface area contributed by atoms with Gasteiger partial charge in [0.1, 0.15) is 0 Å². The summed E-state index contributed by atoms with van der Waals surface area (Å²) < 4.78 is 15.4. The van der Waals surface area contributed by atoms with Crippen LogP contribution in [0.4, 0.5) is 0 Å². The van der Waals surface area contributed by atoms with Gasteiger partial charge >= 0.3 is 5.82 Å². The number of hydrogen-bond acceptors (Lipinski definition) is 5. The minimum Gasteiger partial charge on any atom is -0.381 e. The van der Waals surface area contributed by atoms with Crippen molar-refractivity contribution in [3.05, 3.63) is 16.5 Å². The third-order valence-corrected chi connectivity index (χ3v) is 10.9. The third kappa shape index (κ3) is 3.54. The second kappa shape index (κ2) is 8.04. The lowest BCUT2D eigenvalue weighted by atomic mass is 9.44. The van der Waals surface area contributed by atoms with Gasteiger partial charge in [0.05, 0.1) is 6.10 Å². The van der Waals surface area contributed by atoms with Crippen LogP contribution in [-0.2, 0) is 11.2 Å². The van der Waals surface area contributed by atoms with E-state index in [2.05, 4.69) is 30.5 Å². The Kier molecular flexibility index (Phi) is 5.64. The molecule has 4 aliphatic carbocycles. The van der Waals surface area contributed by atoms with Crippen LogP contribution in [0.3, 0.4) is 0 Å². The zero-order chi connectivity index (χ0) is 21.8. The molecule has 5 heteroatoms. The van der Waals surface area contributed by atoms with E-state index < -0.39 is 5.82 Å². The number of nitrogens with zero attached hydrogens (tertiary/aromatic N) is 1. The van der Waals surface area contributed by atoms with Crippen LogP contribution in [0, 0.1) is 46.3 Å². The van der Waals surface area contributed by atoms with E-state index in [0.717, 1.165) is 36.0 Å². The van der Waals surface area contributed by atoms with Crippen LogP contribution >= 0.6 is 0 Å². The van der Waals surface area contributed by atoms with Gasteiger partial charge in [0.2, 0.25) is 5.89 Å². The van der Waals surface area contributed by atoms with Gasteiger partial charge in [-0.3, -0.25) is 4.52 Å². The van der Waals surface area contributed by atoms with Crippen molar-refractivity contribution < 1.29 is 13.7 Å². The van der Waals surface area contributed by atoms with Gasteiger partial charge in [-0.05, 0) is 116 Å². The Hall–Kier alpha value is -1.10. The molecule has 0 N–H and O–H groups in total. The summed E-state index contributed by atoms with van der Waals surface area (Å²) in [7, 11) is 1.90. The molecule has 31 heavy (non-hydrogen) atoms. The number of ether oxygens (including phenoxy) is 1. The molecule has 0 radical (unpaired) electrons. The summed E-state index contributed by atoms with van der Waals surface area (Å²) in [5.74, 6) is 4.76. The van der Waals surface area contributed by atoms with E-state index >= 15 is 0 Å². The molecular formula is C26H41NO4. The maximum absolute atomic E-state index is 11.1. The number of aromatic nitrogens is 1. The van der Waals surface area contributed by atoms with Crippen molar-refractivity contribution in [3.8, 4) is 0 Å². The molecule has 9 atom stereocenters. The summed E-state index contributed by atoms with van der Waals surface area (Å²) in [5.41, 5.74) is 1.01. The van der Waals surface area contributed by atoms with Crippen molar-refractivity contribution >= 4 is 0 Å². The third-order valence-electron chi connectivity index (χ3n) is 10.9. The summed E-state index contributed by atoms with van der Waals surface area (Å²) in [6.07, 6.45) is 14.6. The van der Waals surface area contributed by atoms with Gasteiger partial charge in [0, 0.05) is 13.5 Å². The predicted molar refractivity (Wildman–Crippen MR) is 119 cm³/mol. The summed E-state index contributed by atoms with van der Waals surface area (Å²) in [6.45, 7) is 7.67. The Balaban J connectivity index is 1.28. The first-order chi connectivity index (χ1) is 14.8. The maximum Gasteiger partial charge on any atom is 0.542 e. The minimum atomic E-state index is -0.683. The molecule has 1 aromatic rings. The molecule has 4 aliphatic rings. The lowest BCUT2D eigenvalue weighted by Gasteiger charge is -2.61. The van der Waals surface area contributed by atoms with Crippen LogP contribution in [0.2, 0.25) is 0 Å². The van der Waals surface area contributed by atoms with Crippen LogP contribution in [-0.4, -0.2) is 18.4 Å². The molecule has 0 aliphatic heterocycles. The molecule has 2 unspecified atom stereocenters. The summed E-state index contributed by atoms with van der Waals surface area (Å²) in [6, 6.07) is 0. The van der Waals surface area contributed by atoms with Gasteiger partial charge in [0.15, 0.2) is 0 Å². The average Bonchev–Trinajstić information content (AvgIpc) is 3.33. The highest BCUT2D eigenvalue weighted by Gasteiger charge is 2.60. The first kappa shape index (κ1) is 21.7. The maximum atomic E-state index is 11.1. The van der Waals surface area contributed by atoms with Gasteiger partial charge in [-0.1, -0.05) is 20.8 Å². The van der Waals surface area contributed by atoms with Crippen LogP contribution in [0.5, 0.6) is 0 Å². The Bertz CT molecular complexity index is 831. The van der Waals surface area contributed by atoms with E-state index in [1.165, 1.54) is 57.8 Å². The molecule has 0 saturated heterocycles. The smallest absolute Gasteiger partial charge is 0.381 e. The van der Waals surface area contributed by atoms with E-state index in [1.807, 2.05) is 7.11 Å². The lowest BCUT2D eigenvalue weighted by molar-refractivity contribution is -0.133.